The Balaban J connectivity index is 0.00000341. The van der Waals surface area contributed by atoms with E-state index in [2.05, 4.69) is 20.5 Å². The highest BCUT2D eigenvalue weighted by Gasteiger charge is 2.23. The first-order valence-corrected chi connectivity index (χ1v) is 10.9. The van der Waals surface area contributed by atoms with E-state index < -0.39 is 0 Å². The number of hydrogen-bond acceptors (Lipinski definition) is 5. The highest BCUT2D eigenvalue weighted by Crippen LogP contribution is 2.21. The topological polar surface area (TPSA) is 67.4 Å². The van der Waals surface area contributed by atoms with E-state index >= 15 is 0 Å². The van der Waals surface area contributed by atoms with Gasteiger partial charge in [0, 0.05) is 52.4 Å². The number of hydrogen-bond donors (Lipinski definition) is 2. The van der Waals surface area contributed by atoms with Gasteiger partial charge in [0.05, 0.1) is 32.5 Å². The summed E-state index contributed by atoms with van der Waals surface area (Å²) in [4.78, 5) is 6.70. The van der Waals surface area contributed by atoms with Gasteiger partial charge in [0.1, 0.15) is 5.82 Å². The van der Waals surface area contributed by atoms with Gasteiger partial charge in [0.25, 0.3) is 0 Å². The molecule has 2 atom stereocenters. The van der Waals surface area contributed by atoms with Crippen molar-refractivity contribution in [3.63, 3.8) is 0 Å². The number of rotatable bonds is 10. The van der Waals surface area contributed by atoms with E-state index in [1.807, 2.05) is 12.1 Å². The van der Waals surface area contributed by atoms with Gasteiger partial charge >= 0.3 is 0 Å². The number of aliphatic imine (C=N–C) groups is 1. The minimum absolute atomic E-state index is 0. The van der Waals surface area contributed by atoms with Gasteiger partial charge in [-0.1, -0.05) is 12.1 Å². The van der Waals surface area contributed by atoms with Crippen LogP contribution >= 0.6 is 24.0 Å². The largest absolute Gasteiger partial charge is 0.381 e. The Hall–Kier alpha value is -1.01. The van der Waals surface area contributed by atoms with Crippen LogP contribution < -0.4 is 10.6 Å². The molecule has 2 N–H and O–H groups in total. The highest BCUT2D eigenvalue weighted by molar-refractivity contribution is 14.0. The summed E-state index contributed by atoms with van der Waals surface area (Å²) in [6, 6.07) is 6.89. The highest BCUT2D eigenvalue weighted by atomic mass is 127. The maximum absolute atomic E-state index is 13.4. The molecule has 2 unspecified atom stereocenters. The van der Waals surface area contributed by atoms with Crippen LogP contribution in [0.5, 0.6) is 0 Å². The zero-order valence-electron chi connectivity index (χ0n) is 18.4. The van der Waals surface area contributed by atoms with Gasteiger partial charge in [-0.3, -0.25) is 9.89 Å². The zero-order valence-corrected chi connectivity index (χ0v) is 20.7. The second-order valence-corrected chi connectivity index (χ2v) is 7.75. The predicted molar refractivity (Wildman–Crippen MR) is 131 cm³/mol. The lowest BCUT2D eigenvalue weighted by Crippen LogP contribution is -2.46. The monoisotopic (exact) mass is 550 g/mol. The minimum atomic E-state index is -0.215. The van der Waals surface area contributed by atoms with Gasteiger partial charge in [0.15, 0.2) is 5.96 Å². The maximum Gasteiger partial charge on any atom is 0.191 e. The Morgan fingerprint density at radius 2 is 1.97 bits per heavy atom. The first-order valence-electron chi connectivity index (χ1n) is 10.9. The summed E-state index contributed by atoms with van der Waals surface area (Å²) in [6.45, 7) is 7.84. The second kappa shape index (κ2) is 14.9. The van der Waals surface area contributed by atoms with Crippen molar-refractivity contribution >= 4 is 29.9 Å². The lowest BCUT2D eigenvalue weighted by molar-refractivity contribution is 0.0170. The molecule has 0 amide bonds. The molecule has 2 fully saturated rings. The molecule has 7 nitrogen and oxygen atoms in total. The molecule has 0 saturated carbocycles. The number of nitrogens with zero attached hydrogens (tertiary/aromatic N) is 2. The molecule has 2 heterocycles. The minimum Gasteiger partial charge on any atom is -0.381 e. The van der Waals surface area contributed by atoms with Crippen LogP contribution in [0.2, 0.25) is 0 Å². The molecule has 2 aliphatic heterocycles. The fraction of sp³-hybridized carbons (Fsp3) is 0.682. The van der Waals surface area contributed by atoms with E-state index in [0.29, 0.717) is 12.5 Å². The Labute approximate surface area is 202 Å². The van der Waals surface area contributed by atoms with Crippen LogP contribution in [0.4, 0.5) is 4.39 Å². The molecule has 0 aromatic heterocycles. The Morgan fingerprint density at radius 1 is 1.19 bits per heavy atom. The van der Waals surface area contributed by atoms with Gasteiger partial charge in [-0.05, 0) is 30.5 Å². The Kier molecular flexibility index (Phi) is 12.6. The Morgan fingerprint density at radius 3 is 2.65 bits per heavy atom. The van der Waals surface area contributed by atoms with E-state index in [1.54, 1.807) is 7.05 Å². The summed E-state index contributed by atoms with van der Waals surface area (Å²) in [5, 5.41) is 6.77. The number of guanidine groups is 1. The molecule has 1 aromatic carbocycles. The van der Waals surface area contributed by atoms with Gasteiger partial charge in [-0.25, -0.2) is 4.39 Å². The lowest BCUT2D eigenvalue weighted by Gasteiger charge is -2.35. The average Bonchev–Trinajstić information content (AvgIpc) is 3.30. The predicted octanol–water partition coefficient (Wildman–Crippen LogP) is 2.43. The third-order valence-electron chi connectivity index (χ3n) is 5.56. The summed E-state index contributed by atoms with van der Waals surface area (Å²) < 4.78 is 30.0. The second-order valence-electron chi connectivity index (χ2n) is 7.75. The first-order chi connectivity index (χ1) is 14.8. The molecule has 2 saturated heterocycles. The van der Waals surface area contributed by atoms with E-state index in [9.17, 15) is 4.39 Å². The van der Waals surface area contributed by atoms with Crippen molar-refractivity contribution in [3.05, 3.63) is 35.6 Å². The SMILES string of the molecule is CN=C(NCCCOCC1CCOC1)NCC(c1ccc(F)cc1)N1CCOCC1.I. The van der Waals surface area contributed by atoms with Crippen LogP contribution in [-0.4, -0.2) is 83.7 Å². The molecular weight excluding hydrogens is 514 g/mol. The van der Waals surface area contributed by atoms with E-state index in [1.165, 1.54) is 12.1 Å². The van der Waals surface area contributed by atoms with Gasteiger partial charge in [0.2, 0.25) is 0 Å². The molecule has 31 heavy (non-hydrogen) atoms. The van der Waals surface area contributed by atoms with Crippen molar-refractivity contribution in [1.82, 2.24) is 15.5 Å². The quantitative estimate of drug-likeness (QED) is 0.202. The summed E-state index contributed by atoms with van der Waals surface area (Å²) >= 11 is 0. The van der Waals surface area contributed by atoms with Crippen molar-refractivity contribution in [1.29, 1.82) is 0 Å². The van der Waals surface area contributed by atoms with Crippen LogP contribution in [0.15, 0.2) is 29.3 Å². The fourth-order valence-corrected chi connectivity index (χ4v) is 3.79. The van der Waals surface area contributed by atoms with Crippen LogP contribution in [0.3, 0.4) is 0 Å². The molecule has 0 spiro atoms. The number of benzene rings is 1. The Bertz CT molecular complexity index is 638. The molecule has 1 aromatic rings. The summed E-state index contributed by atoms with van der Waals surface area (Å²) in [7, 11) is 1.77. The maximum atomic E-state index is 13.4. The average molecular weight is 550 g/mol. The third kappa shape index (κ3) is 9.17. The number of halogens is 2. The first kappa shape index (κ1) is 26.2. The zero-order chi connectivity index (χ0) is 21.0. The standard InChI is InChI=1S/C22H35FN4O3.HI/c1-24-22(25-8-2-11-29-16-18-7-12-30-17-18)26-15-21(27-9-13-28-14-10-27)19-3-5-20(23)6-4-19;/h3-6,18,21H,2,7-17H2,1H3,(H2,24,25,26);1H. The summed E-state index contributed by atoms with van der Waals surface area (Å²) in [5.74, 6) is 1.10. The molecular formula is C22H36FIN4O3. The van der Waals surface area contributed by atoms with Crippen LogP contribution in [0, 0.1) is 11.7 Å². The molecule has 2 aliphatic rings. The summed E-state index contributed by atoms with van der Waals surface area (Å²) in [6.07, 6.45) is 2.02. The normalized spacial score (nSPS) is 20.8. The van der Waals surface area contributed by atoms with E-state index in [4.69, 9.17) is 14.2 Å². The van der Waals surface area contributed by atoms with Gasteiger partial charge in [-0.15, -0.1) is 24.0 Å². The molecule has 9 heteroatoms. The van der Waals surface area contributed by atoms with Gasteiger partial charge < -0.3 is 24.8 Å². The molecule has 0 aliphatic carbocycles. The van der Waals surface area contributed by atoms with Crippen molar-refractivity contribution in [3.8, 4) is 0 Å². The van der Waals surface area contributed by atoms with Crippen LogP contribution in [0.1, 0.15) is 24.4 Å². The lowest BCUT2D eigenvalue weighted by atomic mass is 10.0. The smallest absolute Gasteiger partial charge is 0.191 e. The molecule has 3 rings (SSSR count). The number of nitrogens with one attached hydrogen (secondary N) is 2. The van der Waals surface area contributed by atoms with E-state index in [0.717, 1.165) is 83.6 Å². The molecule has 0 bridgehead atoms. The fourth-order valence-electron chi connectivity index (χ4n) is 3.79. The van der Waals surface area contributed by atoms with Crippen molar-refractivity contribution in [2.75, 3.05) is 72.9 Å². The molecule has 176 valence electrons. The van der Waals surface area contributed by atoms with E-state index in [-0.39, 0.29) is 35.8 Å². The van der Waals surface area contributed by atoms with Gasteiger partial charge in [-0.2, -0.15) is 0 Å². The summed E-state index contributed by atoms with van der Waals surface area (Å²) in [5.41, 5.74) is 1.09. The number of ether oxygens (including phenoxy) is 3. The van der Waals surface area contributed by atoms with Crippen molar-refractivity contribution < 1.29 is 18.6 Å². The van der Waals surface area contributed by atoms with Crippen molar-refractivity contribution in [2.24, 2.45) is 10.9 Å². The van der Waals surface area contributed by atoms with Crippen LogP contribution in [0.25, 0.3) is 0 Å². The van der Waals surface area contributed by atoms with Crippen molar-refractivity contribution in [2.45, 2.75) is 18.9 Å². The molecule has 0 radical (unpaired) electrons. The number of morpholine rings is 1. The third-order valence-corrected chi connectivity index (χ3v) is 5.56. The van der Waals surface area contributed by atoms with Crippen LogP contribution in [-0.2, 0) is 14.2 Å².